The van der Waals surface area contributed by atoms with Crippen molar-refractivity contribution >= 4 is 44.1 Å². The summed E-state index contributed by atoms with van der Waals surface area (Å²) < 4.78 is 37.0. The van der Waals surface area contributed by atoms with Crippen molar-refractivity contribution < 1.29 is 26.5 Å². The van der Waals surface area contributed by atoms with Crippen LogP contribution in [0.5, 0.6) is 5.75 Å². The molecule has 0 unspecified atom stereocenters. The first-order valence-corrected chi connectivity index (χ1v) is 8.45. The lowest BCUT2D eigenvalue weighted by Gasteiger charge is -2.03. The van der Waals surface area contributed by atoms with Crippen molar-refractivity contribution in [2.24, 2.45) is 7.05 Å². The number of ether oxygens (including phenoxy) is 1. The fourth-order valence-electron chi connectivity index (χ4n) is 2.13. The minimum Gasteiger partial charge on any atom is -0.497 e. The lowest BCUT2D eigenvalue weighted by Crippen LogP contribution is -2.30. The third-order valence-corrected chi connectivity index (χ3v) is 3.95. The van der Waals surface area contributed by atoms with E-state index in [9.17, 15) is 8.42 Å². The molecule has 0 spiro atoms. The normalized spacial score (nSPS) is 11.2. The standard InChI is InChI=1S/C14H12ClN2O.CH4O4S/c1-17-13-5-3-9(15)7-11(13)16-12-8-10(18-2)4-6-14(12)17;1-5-6(2,3)4/h3-8H,1-2H3;1H3,(H,2,3,4)/q+1;. The molecular formula is C15H16ClN2O5S+. The van der Waals surface area contributed by atoms with Crippen LogP contribution in [0.4, 0.5) is 0 Å². The molecule has 7 nitrogen and oxygen atoms in total. The largest absolute Gasteiger partial charge is 0.497 e. The van der Waals surface area contributed by atoms with E-state index in [1.54, 1.807) is 7.11 Å². The van der Waals surface area contributed by atoms with Gasteiger partial charge in [0.25, 0.3) is 0 Å². The van der Waals surface area contributed by atoms with Crippen LogP contribution in [-0.4, -0.2) is 32.2 Å². The highest BCUT2D eigenvalue weighted by atomic mass is 35.5. The van der Waals surface area contributed by atoms with Crippen LogP contribution in [0.1, 0.15) is 0 Å². The van der Waals surface area contributed by atoms with Crippen LogP contribution < -0.4 is 9.30 Å². The Balaban J connectivity index is 0.000000301. The van der Waals surface area contributed by atoms with E-state index in [1.807, 2.05) is 43.4 Å². The number of fused-ring (bicyclic) bond motifs is 2. The number of benzene rings is 2. The Hall–Kier alpha value is -2.00. The molecule has 128 valence electrons. The van der Waals surface area contributed by atoms with Crippen LogP contribution in [0.15, 0.2) is 36.4 Å². The van der Waals surface area contributed by atoms with Gasteiger partial charge in [0.2, 0.25) is 11.0 Å². The summed E-state index contributed by atoms with van der Waals surface area (Å²) in [5, 5.41) is 0.692. The topological polar surface area (TPSA) is 89.6 Å². The lowest BCUT2D eigenvalue weighted by molar-refractivity contribution is -0.617. The zero-order chi connectivity index (χ0) is 17.9. The second-order valence-corrected chi connectivity index (χ2v) is 6.38. The highest BCUT2D eigenvalue weighted by Crippen LogP contribution is 2.21. The van der Waals surface area contributed by atoms with Crippen LogP contribution in [0.3, 0.4) is 0 Å². The maximum absolute atomic E-state index is 9.33. The number of nitrogens with zero attached hydrogens (tertiary/aromatic N) is 2. The van der Waals surface area contributed by atoms with Crippen molar-refractivity contribution in [1.29, 1.82) is 0 Å². The fourth-order valence-corrected chi connectivity index (χ4v) is 2.30. The smallest absolute Gasteiger partial charge is 0.397 e. The van der Waals surface area contributed by atoms with E-state index in [0.717, 1.165) is 34.9 Å². The third kappa shape index (κ3) is 4.30. The molecule has 0 amide bonds. The van der Waals surface area contributed by atoms with E-state index in [4.69, 9.17) is 20.9 Å². The van der Waals surface area contributed by atoms with E-state index >= 15 is 0 Å². The van der Waals surface area contributed by atoms with Gasteiger partial charge in [0.15, 0.2) is 0 Å². The van der Waals surface area contributed by atoms with Crippen LogP contribution in [0.2, 0.25) is 5.02 Å². The Morgan fingerprint density at radius 3 is 2.17 bits per heavy atom. The van der Waals surface area contributed by atoms with Gasteiger partial charge in [-0.2, -0.15) is 13.0 Å². The average Bonchev–Trinajstić information content (AvgIpc) is 2.54. The highest BCUT2D eigenvalue weighted by Gasteiger charge is 2.13. The van der Waals surface area contributed by atoms with Gasteiger partial charge in [-0.1, -0.05) is 11.6 Å². The molecule has 0 radical (unpaired) electrons. The summed E-state index contributed by atoms with van der Waals surface area (Å²) in [6, 6.07) is 11.6. The molecule has 0 saturated carbocycles. The number of rotatable bonds is 2. The van der Waals surface area contributed by atoms with Crippen molar-refractivity contribution in [3.05, 3.63) is 41.4 Å². The van der Waals surface area contributed by atoms with E-state index in [0.29, 0.717) is 5.02 Å². The second-order valence-electron chi connectivity index (χ2n) is 4.75. The van der Waals surface area contributed by atoms with Gasteiger partial charge in [-0.25, -0.2) is 4.98 Å². The Bertz CT molecular complexity index is 992. The first kappa shape index (κ1) is 18.3. The molecule has 9 heteroatoms. The molecule has 1 aromatic heterocycles. The maximum Gasteiger partial charge on any atom is 0.397 e. The Kier molecular flexibility index (Phi) is 5.55. The summed E-state index contributed by atoms with van der Waals surface area (Å²) in [7, 11) is 0.381. The summed E-state index contributed by atoms with van der Waals surface area (Å²) in [5.41, 5.74) is 3.89. The summed E-state index contributed by atoms with van der Waals surface area (Å²) in [5.74, 6) is 0.802. The SMILES string of the molecule is COS(=O)(=O)O.COc1ccc2c(c1)nc1cc(Cl)ccc1[n+]2C. The number of aromatic nitrogens is 2. The van der Waals surface area contributed by atoms with Gasteiger partial charge in [0.05, 0.1) is 14.2 Å². The summed E-state index contributed by atoms with van der Waals surface area (Å²) >= 11 is 6.01. The van der Waals surface area contributed by atoms with Crippen LogP contribution in [0.25, 0.3) is 22.1 Å². The molecule has 0 bridgehead atoms. The Morgan fingerprint density at radius 2 is 1.62 bits per heavy atom. The van der Waals surface area contributed by atoms with Gasteiger partial charge >= 0.3 is 10.4 Å². The third-order valence-electron chi connectivity index (χ3n) is 3.29. The minimum absolute atomic E-state index is 0.692. The zero-order valence-corrected chi connectivity index (χ0v) is 14.8. The van der Waals surface area contributed by atoms with E-state index in [1.165, 1.54) is 0 Å². The van der Waals surface area contributed by atoms with Crippen molar-refractivity contribution in [2.45, 2.75) is 0 Å². The molecule has 24 heavy (non-hydrogen) atoms. The molecule has 1 heterocycles. The summed E-state index contributed by atoms with van der Waals surface area (Å²) in [6.07, 6.45) is 0. The Labute approximate surface area is 144 Å². The molecule has 0 fully saturated rings. The summed E-state index contributed by atoms with van der Waals surface area (Å²) in [4.78, 5) is 4.62. The van der Waals surface area contributed by atoms with Gasteiger partial charge in [-0.3, -0.25) is 8.74 Å². The van der Waals surface area contributed by atoms with E-state index < -0.39 is 10.4 Å². The zero-order valence-electron chi connectivity index (χ0n) is 13.2. The van der Waals surface area contributed by atoms with Crippen LogP contribution in [-0.2, 0) is 21.6 Å². The fraction of sp³-hybridized carbons (Fsp3) is 0.200. The number of halogens is 1. The number of methoxy groups -OCH3 is 1. The van der Waals surface area contributed by atoms with Crippen molar-refractivity contribution in [3.8, 4) is 5.75 Å². The number of hydrogen-bond donors (Lipinski definition) is 1. The first-order valence-electron chi connectivity index (χ1n) is 6.71. The molecule has 2 aromatic carbocycles. The molecular weight excluding hydrogens is 356 g/mol. The van der Waals surface area contributed by atoms with Crippen LogP contribution >= 0.6 is 11.6 Å². The second kappa shape index (κ2) is 7.27. The number of aryl methyl sites for hydroxylation is 1. The minimum atomic E-state index is -4.16. The van der Waals surface area contributed by atoms with Crippen molar-refractivity contribution in [3.63, 3.8) is 0 Å². The Morgan fingerprint density at radius 1 is 1.08 bits per heavy atom. The van der Waals surface area contributed by atoms with E-state index in [-0.39, 0.29) is 0 Å². The lowest BCUT2D eigenvalue weighted by atomic mass is 10.2. The molecule has 0 aliphatic heterocycles. The van der Waals surface area contributed by atoms with Gasteiger partial charge in [-0.05, 0) is 18.2 Å². The molecule has 0 saturated heterocycles. The predicted molar refractivity (Wildman–Crippen MR) is 90.5 cm³/mol. The molecule has 0 aliphatic rings. The maximum atomic E-state index is 9.33. The highest BCUT2D eigenvalue weighted by molar-refractivity contribution is 7.80. The molecule has 3 rings (SSSR count). The number of hydrogen-bond acceptors (Lipinski definition) is 5. The molecule has 3 aromatic rings. The van der Waals surface area contributed by atoms with Crippen LogP contribution in [0, 0.1) is 0 Å². The van der Waals surface area contributed by atoms with Gasteiger partial charge < -0.3 is 4.74 Å². The molecule has 0 atom stereocenters. The first-order chi connectivity index (χ1) is 11.2. The van der Waals surface area contributed by atoms with Gasteiger partial charge in [-0.15, -0.1) is 0 Å². The predicted octanol–water partition coefficient (Wildman–Crippen LogP) is 2.31. The summed E-state index contributed by atoms with van der Waals surface area (Å²) in [6.45, 7) is 0. The van der Waals surface area contributed by atoms with Gasteiger partial charge in [0, 0.05) is 23.2 Å². The van der Waals surface area contributed by atoms with E-state index in [2.05, 4.69) is 13.7 Å². The molecule has 0 aliphatic carbocycles. The van der Waals surface area contributed by atoms with Crippen molar-refractivity contribution in [2.75, 3.05) is 14.2 Å². The monoisotopic (exact) mass is 371 g/mol. The molecule has 1 N–H and O–H groups in total. The van der Waals surface area contributed by atoms with Crippen molar-refractivity contribution in [1.82, 2.24) is 4.98 Å². The average molecular weight is 372 g/mol. The van der Waals surface area contributed by atoms with Gasteiger partial charge in [0.1, 0.15) is 23.8 Å². The quantitative estimate of drug-likeness (QED) is 0.422.